The van der Waals surface area contributed by atoms with E-state index in [-0.39, 0.29) is 11.2 Å². The summed E-state index contributed by atoms with van der Waals surface area (Å²) in [5.74, 6) is -0.488. The van der Waals surface area contributed by atoms with Gasteiger partial charge in [-0.3, -0.25) is 9.69 Å². The van der Waals surface area contributed by atoms with E-state index in [1.807, 2.05) is 37.3 Å². The van der Waals surface area contributed by atoms with Crippen LogP contribution in [0.4, 0.5) is 0 Å². The Morgan fingerprint density at radius 3 is 2.64 bits per heavy atom. The minimum Gasteiger partial charge on any atom is -0.466 e. The number of ether oxygens (including phenoxy) is 1. The van der Waals surface area contributed by atoms with Crippen LogP contribution in [0.1, 0.15) is 25.5 Å². The molecule has 0 radical (unpaired) electrons. The second-order valence-electron chi connectivity index (χ2n) is 5.17. The van der Waals surface area contributed by atoms with Gasteiger partial charge in [-0.2, -0.15) is 0 Å². The molecule has 2 atom stereocenters. The van der Waals surface area contributed by atoms with Gasteiger partial charge >= 0.3 is 5.97 Å². The summed E-state index contributed by atoms with van der Waals surface area (Å²) in [6.45, 7) is 3.63. The number of carbonyl (C=O) groups is 2. The van der Waals surface area contributed by atoms with Crippen LogP contribution in [0.3, 0.4) is 0 Å². The summed E-state index contributed by atoms with van der Waals surface area (Å²) in [5, 5.41) is 0.450. The van der Waals surface area contributed by atoms with Crippen molar-refractivity contribution in [3.05, 3.63) is 47.2 Å². The molecule has 1 fully saturated rings. The molecule has 0 aromatic heterocycles. The molecular weight excluding hydrogens is 300 g/mol. The van der Waals surface area contributed by atoms with Crippen LogP contribution in [0.25, 0.3) is 0 Å². The normalized spacial score (nSPS) is 24.2. The number of amides is 1. The first-order valence-corrected chi connectivity index (χ1v) is 7.85. The van der Waals surface area contributed by atoms with Gasteiger partial charge in [-0.1, -0.05) is 42.1 Å². The highest BCUT2D eigenvalue weighted by Gasteiger charge is 2.46. The summed E-state index contributed by atoms with van der Waals surface area (Å²) >= 11 is 1.42. The molecule has 6 heteroatoms. The number of rotatable bonds is 2. The van der Waals surface area contributed by atoms with Crippen LogP contribution >= 0.6 is 11.8 Å². The van der Waals surface area contributed by atoms with Gasteiger partial charge in [0.25, 0.3) is 0 Å². The summed E-state index contributed by atoms with van der Waals surface area (Å²) in [7, 11) is 1.34. The van der Waals surface area contributed by atoms with Gasteiger partial charge in [0.15, 0.2) is 5.17 Å². The van der Waals surface area contributed by atoms with Crippen LogP contribution in [-0.4, -0.2) is 34.3 Å². The Kier molecular flexibility index (Phi) is 3.78. The predicted molar refractivity (Wildman–Crippen MR) is 85.2 cm³/mol. The van der Waals surface area contributed by atoms with E-state index in [9.17, 15) is 9.59 Å². The number of esters is 1. The Labute approximate surface area is 133 Å². The van der Waals surface area contributed by atoms with Crippen molar-refractivity contribution < 1.29 is 14.3 Å². The maximum absolute atomic E-state index is 12.5. The Hall–Kier alpha value is -2.08. The number of benzene rings is 1. The van der Waals surface area contributed by atoms with Gasteiger partial charge < -0.3 is 4.74 Å². The molecule has 0 spiro atoms. The molecule has 0 bridgehead atoms. The Balaban J connectivity index is 2.18. The third-order valence-corrected chi connectivity index (χ3v) is 4.83. The zero-order chi connectivity index (χ0) is 15.9. The molecule has 0 aliphatic carbocycles. The van der Waals surface area contributed by atoms with Gasteiger partial charge in [0, 0.05) is 0 Å². The lowest BCUT2D eigenvalue weighted by atomic mass is 9.94. The molecule has 114 valence electrons. The number of allylic oxidation sites excluding steroid dienone is 1. The number of nitrogens with zero attached hydrogens (tertiary/aromatic N) is 2. The van der Waals surface area contributed by atoms with Crippen LogP contribution in [0.15, 0.2) is 46.6 Å². The van der Waals surface area contributed by atoms with Crippen molar-refractivity contribution in [2.45, 2.75) is 25.1 Å². The quantitative estimate of drug-likeness (QED) is 0.787. The van der Waals surface area contributed by atoms with E-state index in [4.69, 9.17) is 4.74 Å². The summed E-state index contributed by atoms with van der Waals surface area (Å²) in [6.07, 6.45) is 0. The lowest BCUT2D eigenvalue weighted by Crippen LogP contribution is -2.40. The second-order valence-corrected chi connectivity index (χ2v) is 6.47. The van der Waals surface area contributed by atoms with Crippen molar-refractivity contribution in [2.24, 2.45) is 4.99 Å². The van der Waals surface area contributed by atoms with E-state index in [0.717, 1.165) is 5.56 Å². The molecule has 0 unspecified atom stereocenters. The van der Waals surface area contributed by atoms with Gasteiger partial charge in [0.1, 0.15) is 0 Å². The number of amidine groups is 1. The molecule has 3 rings (SSSR count). The van der Waals surface area contributed by atoms with Gasteiger partial charge in [-0.05, 0) is 19.4 Å². The third kappa shape index (κ3) is 2.23. The third-order valence-electron chi connectivity index (χ3n) is 3.78. The highest BCUT2D eigenvalue weighted by atomic mass is 32.2. The summed E-state index contributed by atoms with van der Waals surface area (Å²) in [6, 6.07) is 9.02. The van der Waals surface area contributed by atoms with Gasteiger partial charge in [0.2, 0.25) is 5.91 Å². The minimum absolute atomic E-state index is 0.0356. The number of carbonyl (C=O) groups excluding carboxylic acids is 2. The Bertz CT molecular complexity index is 697. The molecule has 2 heterocycles. The van der Waals surface area contributed by atoms with E-state index in [1.54, 1.807) is 11.8 Å². The van der Waals surface area contributed by atoms with E-state index in [0.29, 0.717) is 16.4 Å². The fourth-order valence-electron chi connectivity index (χ4n) is 2.72. The van der Waals surface area contributed by atoms with Crippen LogP contribution < -0.4 is 0 Å². The molecule has 22 heavy (non-hydrogen) atoms. The fraction of sp³-hybridized carbons (Fsp3) is 0.312. The van der Waals surface area contributed by atoms with E-state index in [1.165, 1.54) is 18.9 Å². The number of hydrogen-bond donors (Lipinski definition) is 0. The van der Waals surface area contributed by atoms with Crippen molar-refractivity contribution in [1.29, 1.82) is 0 Å². The van der Waals surface area contributed by atoms with Crippen LogP contribution in [0.5, 0.6) is 0 Å². The van der Waals surface area contributed by atoms with Gasteiger partial charge in [0.05, 0.1) is 29.7 Å². The number of aliphatic imine (C=N–C) groups is 1. The number of fused-ring (bicyclic) bond motifs is 1. The maximum atomic E-state index is 12.5. The topological polar surface area (TPSA) is 59.0 Å². The molecular formula is C16H16N2O3S. The van der Waals surface area contributed by atoms with E-state index in [2.05, 4.69) is 4.99 Å². The fourth-order valence-corrected chi connectivity index (χ4v) is 3.75. The van der Waals surface area contributed by atoms with Crippen molar-refractivity contribution >= 4 is 28.8 Å². The van der Waals surface area contributed by atoms with Gasteiger partial charge in [-0.15, -0.1) is 0 Å². The van der Waals surface area contributed by atoms with Crippen molar-refractivity contribution in [3.8, 4) is 0 Å². The van der Waals surface area contributed by atoms with Crippen molar-refractivity contribution in [1.82, 2.24) is 4.90 Å². The maximum Gasteiger partial charge on any atom is 0.338 e. The average Bonchev–Trinajstić information content (AvgIpc) is 2.80. The Morgan fingerprint density at radius 1 is 1.32 bits per heavy atom. The first-order valence-electron chi connectivity index (χ1n) is 6.97. The zero-order valence-corrected chi connectivity index (χ0v) is 13.4. The molecule has 5 nitrogen and oxygen atoms in total. The molecule has 0 N–H and O–H groups in total. The van der Waals surface area contributed by atoms with Crippen LogP contribution in [0.2, 0.25) is 0 Å². The van der Waals surface area contributed by atoms with Crippen LogP contribution in [0, 0.1) is 0 Å². The number of hydrogen-bond acceptors (Lipinski definition) is 5. The van der Waals surface area contributed by atoms with Crippen LogP contribution in [-0.2, 0) is 14.3 Å². The average molecular weight is 316 g/mol. The largest absolute Gasteiger partial charge is 0.466 e. The van der Waals surface area contributed by atoms with Crippen molar-refractivity contribution in [3.63, 3.8) is 0 Å². The van der Waals surface area contributed by atoms with Gasteiger partial charge in [-0.25, -0.2) is 9.79 Å². The molecule has 2 aliphatic heterocycles. The molecule has 2 aliphatic rings. The molecule has 1 amide bonds. The monoisotopic (exact) mass is 316 g/mol. The lowest BCUT2D eigenvalue weighted by molar-refractivity contribution is -0.137. The first-order chi connectivity index (χ1) is 10.5. The highest BCUT2D eigenvalue weighted by Crippen LogP contribution is 2.42. The summed E-state index contributed by atoms with van der Waals surface area (Å²) in [5.41, 5.74) is 1.89. The molecule has 0 saturated carbocycles. The zero-order valence-electron chi connectivity index (χ0n) is 12.6. The highest BCUT2D eigenvalue weighted by molar-refractivity contribution is 8.15. The smallest absolute Gasteiger partial charge is 0.338 e. The second kappa shape index (κ2) is 5.61. The SMILES string of the molecule is COC(=O)C1=C(C)N=C2S[C@@H](C)C(=O)N2[C@@H]1c1ccccc1. The number of methoxy groups -OCH3 is 1. The number of thioether (sulfide) groups is 1. The summed E-state index contributed by atoms with van der Waals surface area (Å²) in [4.78, 5) is 30.8. The van der Waals surface area contributed by atoms with E-state index >= 15 is 0 Å². The Morgan fingerprint density at radius 2 is 2.00 bits per heavy atom. The minimum atomic E-state index is -0.480. The predicted octanol–water partition coefficient (Wildman–Crippen LogP) is 2.51. The first kappa shape index (κ1) is 14.8. The van der Waals surface area contributed by atoms with E-state index < -0.39 is 12.0 Å². The lowest BCUT2D eigenvalue weighted by Gasteiger charge is -2.32. The molecule has 1 saturated heterocycles. The summed E-state index contributed by atoms with van der Waals surface area (Å²) < 4.78 is 4.91. The molecule has 1 aromatic rings. The van der Waals surface area contributed by atoms with Crippen molar-refractivity contribution in [2.75, 3.05) is 7.11 Å². The standard InChI is InChI=1S/C16H16N2O3S/c1-9-12(15(20)21-3)13(11-7-5-4-6-8-11)18-14(19)10(2)22-16(18)17-9/h4-8,10,13H,1-3H3/t10-,13+/m0/s1. The molecule has 1 aromatic carbocycles.